The molecule has 0 unspecified atom stereocenters. The number of primary sulfonamides is 1. The number of halogens is 1. The molecule has 2 rings (SSSR count). The summed E-state index contributed by atoms with van der Waals surface area (Å²) in [5.41, 5.74) is 0.993. The van der Waals surface area contributed by atoms with Gasteiger partial charge in [0.05, 0.1) is 11.5 Å². The zero-order chi connectivity index (χ0) is 16.9. The highest BCUT2D eigenvalue weighted by molar-refractivity contribution is 8.00. The van der Waals surface area contributed by atoms with Crippen LogP contribution in [0.2, 0.25) is 0 Å². The molecule has 3 N–H and O–H groups in total. The minimum atomic E-state index is -3.62. The van der Waals surface area contributed by atoms with E-state index in [2.05, 4.69) is 5.32 Å². The van der Waals surface area contributed by atoms with Gasteiger partial charge < -0.3 is 5.32 Å². The highest BCUT2D eigenvalue weighted by atomic mass is 32.2. The molecule has 0 saturated carbocycles. The second kappa shape index (κ2) is 7.58. The number of hydrogen-bond acceptors (Lipinski definition) is 4. The van der Waals surface area contributed by atoms with E-state index in [0.717, 1.165) is 4.90 Å². The lowest BCUT2D eigenvalue weighted by Crippen LogP contribution is -2.16. The van der Waals surface area contributed by atoms with Crippen LogP contribution in [0.3, 0.4) is 0 Å². The summed E-state index contributed by atoms with van der Waals surface area (Å²) in [6.07, 6.45) is 0. The normalized spacial score (nSPS) is 11.2. The molecule has 0 saturated heterocycles. The fourth-order valence-electron chi connectivity index (χ4n) is 1.85. The third-order valence-corrected chi connectivity index (χ3v) is 4.51. The van der Waals surface area contributed by atoms with Crippen LogP contribution in [0.25, 0.3) is 0 Å². The van der Waals surface area contributed by atoms with Crippen molar-refractivity contribution in [2.24, 2.45) is 5.14 Å². The Morgan fingerprint density at radius 3 is 2.52 bits per heavy atom. The largest absolute Gasteiger partial charge is 0.325 e. The summed E-state index contributed by atoms with van der Waals surface area (Å²) in [5, 5.41) is 7.68. The molecule has 0 bridgehead atoms. The maximum absolute atomic E-state index is 12.8. The molecule has 0 aliphatic heterocycles. The van der Waals surface area contributed by atoms with Crippen LogP contribution in [0.4, 0.5) is 10.1 Å². The van der Waals surface area contributed by atoms with Crippen LogP contribution < -0.4 is 10.5 Å². The highest BCUT2D eigenvalue weighted by Crippen LogP contribution is 2.19. The Labute approximate surface area is 138 Å². The van der Waals surface area contributed by atoms with Crippen LogP contribution in [-0.4, -0.2) is 20.1 Å². The van der Waals surface area contributed by atoms with Gasteiger partial charge in [0.1, 0.15) is 5.82 Å². The van der Waals surface area contributed by atoms with Gasteiger partial charge in [0, 0.05) is 10.6 Å². The molecular formula is C15H15FN2O3S2. The molecule has 2 aromatic rings. The zero-order valence-corrected chi connectivity index (χ0v) is 13.7. The molecule has 23 heavy (non-hydrogen) atoms. The SMILES string of the molecule is NS(=O)(=O)Cc1cccc(NC(=O)CSc2ccc(F)cc2)c1. The Balaban J connectivity index is 1.92. The van der Waals surface area contributed by atoms with Crippen molar-refractivity contribution in [3.05, 3.63) is 59.9 Å². The van der Waals surface area contributed by atoms with E-state index in [9.17, 15) is 17.6 Å². The molecule has 0 heterocycles. The Morgan fingerprint density at radius 2 is 1.87 bits per heavy atom. The van der Waals surface area contributed by atoms with Crippen molar-refractivity contribution in [2.75, 3.05) is 11.1 Å². The molecule has 5 nitrogen and oxygen atoms in total. The number of amides is 1. The van der Waals surface area contributed by atoms with Crippen LogP contribution in [-0.2, 0) is 20.6 Å². The molecule has 2 aromatic carbocycles. The summed E-state index contributed by atoms with van der Waals surface area (Å²) >= 11 is 1.28. The van der Waals surface area contributed by atoms with Crippen LogP contribution in [0.1, 0.15) is 5.56 Å². The van der Waals surface area contributed by atoms with Gasteiger partial charge in [0.15, 0.2) is 0 Å². The number of sulfonamides is 1. The Morgan fingerprint density at radius 1 is 1.17 bits per heavy atom. The number of thioether (sulfide) groups is 1. The zero-order valence-electron chi connectivity index (χ0n) is 12.0. The van der Waals surface area contributed by atoms with E-state index in [1.165, 1.54) is 23.9 Å². The van der Waals surface area contributed by atoms with Gasteiger partial charge >= 0.3 is 0 Å². The van der Waals surface area contributed by atoms with E-state index in [-0.39, 0.29) is 23.2 Å². The number of hydrogen-bond donors (Lipinski definition) is 2. The lowest BCUT2D eigenvalue weighted by Gasteiger charge is -2.07. The van der Waals surface area contributed by atoms with Crippen LogP contribution in [0.15, 0.2) is 53.4 Å². The first kappa shape index (κ1) is 17.5. The molecule has 0 fully saturated rings. The number of benzene rings is 2. The van der Waals surface area contributed by atoms with Crippen molar-refractivity contribution >= 4 is 33.4 Å². The Hall–Kier alpha value is -1.90. The average Bonchev–Trinajstić information content (AvgIpc) is 2.45. The number of anilines is 1. The van der Waals surface area contributed by atoms with Crippen molar-refractivity contribution < 1.29 is 17.6 Å². The van der Waals surface area contributed by atoms with Gasteiger partial charge in [-0.25, -0.2) is 17.9 Å². The van der Waals surface area contributed by atoms with E-state index in [1.807, 2.05) is 0 Å². The summed E-state index contributed by atoms with van der Waals surface area (Å²) in [7, 11) is -3.62. The minimum Gasteiger partial charge on any atom is -0.325 e. The molecule has 0 radical (unpaired) electrons. The molecule has 1 amide bonds. The summed E-state index contributed by atoms with van der Waals surface area (Å²) in [4.78, 5) is 12.7. The molecule has 0 atom stereocenters. The van der Waals surface area contributed by atoms with Crippen molar-refractivity contribution in [1.29, 1.82) is 0 Å². The number of nitrogens with one attached hydrogen (secondary N) is 1. The van der Waals surface area contributed by atoms with Crippen molar-refractivity contribution in [3.63, 3.8) is 0 Å². The predicted octanol–water partition coefficient (Wildman–Crippen LogP) is 2.35. The van der Waals surface area contributed by atoms with Crippen molar-refractivity contribution in [2.45, 2.75) is 10.6 Å². The fraction of sp³-hybridized carbons (Fsp3) is 0.133. The average molecular weight is 354 g/mol. The van der Waals surface area contributed by atoms with Gasteiger partial charge in [-0.15, -0.1) is 11.8 Å². The first-order valence-corrected chi connectivity index (χ1v) is 9.29. The van der Waals surface area contributed by atoms with E-state index >= 15 is 0 Å². The highest BCUT2D eigenvalue weighted by Gasteiger charge is 2.08. The smallest absolute Gasteiger partial charge is 0.234 e. The number of nitrogens with two attached hydrogens (primary N) is 1. The van der Waals surface area contributed by atoms with Gasteiger partial charge in [-0.1, -0.05) is 12.1 Å². The first-order chi connectivity index (χ1) is 10.8. The van der Waals surface area contributed by atoms with Crippen LogP contribution in [0.5, 0.6) is 0 Å². The maximum Gasteiger partial charge on any atom is 0.234 e. The minimum absolute atomic E-state index is 0.158. The van der Waals surface area contributed by atoms with Gasteiger partial charge in [0.2, 0.25) is 15.9 Å². The van der Waals surface area contributed by atoms with E-state index in [4.69, 9.17) is 5.14 Å². The Bertz CT molecular complexity index is 793. The van der Waals surface area contributed by atoms with E-state index < -0.39 is 10.0 Å². The molecule has 0 aromatic heterocycles. The quantitative estimate of drug-likeness (QED) is 0.779. The molecule has 0 aliphatic carbocycles. The van der Waals surface area contributed by atoms with E-state index in [0.29, 0.717) is 11.3 Å². The molecule has 8 heteroatoms. The van der Waals surface area contributed by atoms with Crippen molar-refractivity contribution in [1.82, 2.24) is 0 Å². The standard InChI is InChI=1S/C15H15FN2O3S2/c16-12-4-6-14(7-5-12)22-9-15(19)18-13-3-1-2-11(8-13)10-23(17,20)21/h1-8H,9-10H2,(H,18,19)(H2,17,20,21). The molecule has 0 spiro atoms. The molecule has 122 valence electrons. The van der Waals surface area contributed by atoms with Gasteiger partial charge in [-0.05, 0) is 42.0 Å². The summed E-state index contributed by atoms with van der Waals surface area (Å²) in [5.74, 6) is -0.705. The fourth-order valence-corrected chi connectivity index (χ4v) is 3.19. The molecular weight excluding hydrogens is 339 g/mol. The van der Waals surface area contributed by atoms with Gasteiger partial charge in [-0.3, -0.25) is 4.79 Å². The third-order valence-electron chi connectivity index (χ3n) is 2.76. The second-order valence-corrected chi connectivity index (χ2v) is 7.46. The van der Waals surface area contributed by atoms with Crippen molar-refractivity contribution in [3.8, 4) is 0 Å². The number of carbonyl (C=O) groups excluding carboxylic acids is 1. The van der Waals surface area contributed by atoms with E-state index in [1.54, 1.807) is 36.4 Å². The maximum atomic E-state index is 12.8. The second-order valence-electron chi connectivity index (χ2n) is 4.80. The lowest BCUT2D eigenvalue weighted by molar-refractivity contribution is -0.113. The van der Waals surface area contributed by atoms with Crippen LogP contribution in [0, 0.1) is 5.82 Å². The topological polar surface area (TPSA) is 89.3 Å². The first-order valence-electron chi connectivity index (χ1n) is 6.59. The summed E-state index contributed by atoms with van der Waals surface area (Å²) in [6.45, 7) is 0. The van der Waals surface area contributed by atoms with Gasteiger partial charge in [0.25, 0.3) is 0 Å². The number of rotatable bonds is 6. The third kappa shape index (κ3) is 6.39. The van der Waals surface area contributed by atoms with Crippen LogP contribution >= 0.6 is 11.8 Å². The van der Waals surface area contributed by atoms with Gasteiger partial charge in [-0.2, -0.15) is 0 Å². The number of carbonyl (C=O) groups is 1. The lowest BCUT2D eigenvalue weighted by atomic mass is 10.2. The molecule has 0 aliphatic rings. The monoisotopic (exact) mass is 354 g/mol. The summed E-state index contributed by atoms with van der Waals surface area (Å²) < 4.78 is 34.9. The summed E-state index contributed by atoms with van der Waals surface area (Å²) in [6, 6.07) is 12.3. The predicted molar refractivity (Wildman–Crippen MR) is 89.0 cm³/mol. The Kier molecular flexibility index (Phi) is 5.75.